The number of nitrogens with two attached hydrogens (primary N) is 1. The number of amidine groups is 1. The number of rotatable bonds is 4. The van der Waals surface area contributed by atoms with Crippen LogP contribution in [0.4, 0.5) is 5.69 Å². The van der Waals surface area contributed by atoms with E-state index >= 15 is 0 Å². The Kier molecular flexibility index (Phi) is 4.52. The van der Waals surface area contributed by atoms with Crippen LogP contribution in [-0.2, 0) is 0 Å². The molecule has 0 aliphatic carbocycles. The molecular formula is C19H19N5. The summed E-state index contributed by atoms with van der Waals surface area (Å²) in [6.45, 7) is 0. The molecule has 0 radical (unpaired) electrons. The molecule has 120 valence electrons. The standard InChI is InChI=1S/C19H19N5/c1-24(2)18-11-10-14(15-7-3-4-8-16(15)18)13-22-23-19(20)17-9-5-6-12-21-17/h3-13H,1-2H3,(H2,20,23)/b22-13+. The van der Waals surface area contributed by atoms with Gasteiger partial charge in [0.1, 0.15) is 5.69 Å². The fraction of sp³-hybridized carbons (Fsp3) is 0.105. The van der Waals surface area contributed by atoms with E-state index in [4.69, 9.17) is 5.73 Å². The minimum absolute atomic E-state index is 0.293. The van der Waals surface area contributed by atoms with Gasteiger partial charge >= 0.3 is 0 Å². The van der Waals surface area contributed by atoms with Gasteiger partial charge in [0.15, 0.2) is 5.84 Å². The molecule has 1 aromatic heterocycles. The van der Waals surface area contributed by atoms with Gasteiger partial charge in [0.25, 0.3) is 0 Å². The Labute approximate surface area is 141 Å². The first kappa shape index (κ1) is 15.7. The molecule has 0 aliphatic rings. The van der Waals surface area contributed by atoms with Crippen LogP contribution in [0.25, 0.3) is 10.8 Å². The number of fused-ring (bicyclic) bond motifs is 1. The van der Waals surface area contributed by atoms with Crippen molar-refractivity contribution in [2.75, 3.05) is 19.0 Å². The molecule has 0 amide bonds. The van der Waals surface area contributed by atoms with Crippen molar-refractivity contribution in [3.05, 3.63) is 72.1 Å². The van der Waals surface area contributed by atoms with E-state index in [0.29, 0.717) is 11.5 Å². The Hall–Kier alpha value is -3.21. The fourth-order valence-corrected chi connectivity index (χ4v) is 2.53. The Morgan fingerprint density at radius 2 is 1.75 bits per heavy atom. The smallest absolute Gasteiger partial charge is 0.171 e. The summed E-state index contributed by atoms with van der Waals surface area (Å²) in [5.41, 5.74) is 8.68. The van der Waals surface area contributed by atoms with E-state index < -0.39 is 0 Å². The number of pyridine rings is 1. The van der Waals surface area contributed by atoms with Gasteiger partial charge in [-0.3, -0.25) is 4.98 Å². The topological polar surface area (TPSA) is 66.9 Å². The summed E-state index contributed by atoms with van der Waals surface area (Å²) in [6.07, 6.45) is 3.40. The minimum atomic E-state index is 0.293. The highest BCUT2D eigenvalue weighted by molar-refractivity contribution is 6.05. The second-order valence-corrected chi connectivity index (χ2v) is 5.56. The van der Waals surface area contributed by atoms with E-state index in [-0.39, 0.29) is 0 Å². The molecule has 24 heavy (non-hydrogen) atoms. The van der Waals surface area contributed by atoms with E-state index in [2.05, 4.69) is 38.3 Å². The monoisotopic (exact) mass is 317 g/mol. The average Bonchev–Trinajstić information content (AvgIpc) is 2.62. The molecule has 0 fully saturated rings. The van der Waals surface area contributed by atoms with Gasteiger partial charge in [-0.15, -0.1) is 5.10 Å². The lowest BCUT2D eigenvalue weighted by molar-refractivity contribution is 1.14. The molecule has 5 nitrogen and oxygen atoms in total. The Morgan fingerprint density at radius 1 is 1.00 bits per heavy atom. The maximum Gasteiger partial charge on any atom is 0.171 e. The highest BCUT2D eigenvalue weighted by atomic mass is 15.2. The van der Waals surface area contributed by atoms with E-state index in [9.17, 15) is 0 Å². The summed E-state index contributed by atoms with van der Waals surface area (Å²) in [4.78, 5) is 6.25. The maximum absolute atomic E-state index is 5.90. The van der Waals surface area contributed by atoms with Gasteiger partial charge < -0.3 is 10.6 Å². The van der Waals surface area contributed by atoms with Crippen molar-refractivity contribution in [1.29, 1.82) is 0 Å². The van der Waals surface area contributed by atoms with Crippen molar-refractivity contribution in [3.8, 4) is 0 Å². The van der Waals surface area contributed by atoms with Crippen molar-refractivity contribution < 1.29 is 0 Å². The van der Waals surface area contributed by atoms with Crippen LogP contribution in [-0.4, -0.2) is 31.1 Å². The third-order valence-electron chi connectivity index (χ3n) is 3.71. The first-order chi connectivity index (χ1) is 11.7. The van der Waals surface area contributed by atoms with Crippen LogP contribution in [0.3, 0.4) is 0 Å². The molecule has 2 N–H and O–H groups in total. The zero-order chi connectivity index (χ0) is 16.9. The van der Waals surface area contributed by atoms with E-state index in [0.717, 1.165) is 10.9 Å². The molecule has 0 saturated carbocycles. The number of aromatic nitrogens is 1. The lowest BCUT2D eigenvalue weighted by Crippen LogP contribution is -2.14. The Bertz CT molecular complexity index is 898. The minimum Gasteiger partial charge on any atom is -0.380 e. The van der Waals surface area contributed by atoms with Crippen molar-refractivity contribution in [3.63, 3.8) is 0 Å². The van der Waals surface area contributed by atoms with Gasteiger partial charge in [-0.1, -0.05) is 36.4 Å². The number of hydrogen-bond acceptors (Lipinski definition) is 4. The van der Waals surface area contributed by atoms with Crippen molar-refractivity contribution in [2.24, 2.45) is 15.9 Å². The molecule has 3 aromatic rings. The van der Waals surface area contributed by atoms with Crippen LogP contribution in [0.15, 0.2) is 71.0 Å². The number of anilines is 1. The van der Waals surface area contributed by atoms with Crippen LogP contribution >= 0.6 is 0 Å². The van der Waals surface area contributed by atoms with E-state index in [1.165, 1.54) is 11.1 Å². The SMILES string of the molecule is CN(C)c1ccc(/C=N/N=C(\N)c2ccccn2)c2ccccc12. The predicted molar refractivity (Wildman–Crippen MR) is 101 cm³/mol. The summed E-state index contributed by atoms with van der Waals surface area (Å²) in [5.74, 6) is 0.293. The van der Waals surface area contributed by atoms with Crippen molar-refractivity contribution in [2.45, 2.75) is 0 Å². The Balaban J connectivity index is 1.95. The van der Waals surface area contributed by atoms with Crippen molar-refractivity contribution in [1.82, 2.24) is 4.98 Å². The molecule has 1 heterocycles. The third kappa shape index (κ3) is 3.25. The van der Waals surface area contributed by atoms with E-state index in [1.54, 1.807) is 18.5 Å². The largest absolute Gasteiger partial charge is 0.380 e. The van der Waals surface area contributed by atoms with E-state index in [1.807, 2.05) is 44.4 Å². The lowest BCUT2D eigenvalue weighted by Gasteiger charge is -2.16. The first-order valence-corrected chi connectivity index (χ1v) is 7.64. The van der Waals surface area contributed by atoms with Crippen LogP contribution in [0.2, 0.25) is 0 Å². The van der Waals surface area contributed by atoms with Crippen LogP contribution in [0.1, 0.15) is 11.3 Å². The summed E-state index contributed by atoms with van der Waals surface area (Å²) in [6, 6.07) is 17.8. The van der Waals surface area contributed by atoms with Crippen LogP contribution in [0.5, 0.6) is 0 Å². The Morgan fingerprint density at radius 3 is 2.46 bits per heavy atom. The van der Waals surface area contributed by atoms with Gasteiger partial charge in [0.05, 0.1) is 6.21 Å². The van der Waals surface area contributed by atoms with Crippen LogP contribution in [0, 0.1) is 0 Å². The molecule has 0 spiro atoms. The molecule has 2 aromatic carbocycles. The van der Waals surface area contributed by atoms with Crippen molar-refractivity contribution >= 4 is 28.5 Å². The number of hydrogen-bond donors (Lipinski definition) is 1. The second-order valence-electron chi connectivity index (χ2n) is 5.56. The fourth-order valence-electron chi connectivity index (χ4n) is 2.53. The highest BCUT2D eigenvalue weighted by Crippen LogP contribution is 2.27. The molecule has 0 atom stereocenters. The quantitative estimate of drug-likeness (QED) is 0.457. The molecule has 0 bridgehead atoms. The van der Waals surface area contributed by atoms with Gasteiger partial charge in [-0.2, -0.15) is 5.10 Å². The zero-order valence-corrected chi connectivity index (χ0v) is 13.7. The summed E-state index contributed by atoms with van der Waals surface area (Å²) in [5, 5.41) is 10.5. The maximum atomic E-state index is 5.90. The van der Waals surface area contributed by atoms with Gasteiger partial charge in [-0.25, -0.2) is 0 Å². The van der Waals surface area contributed by atoms with Gasteiger partial charge in [0, 0.05) is 36.9 Å². The average molecular weight is 317 g/mol. The first-order valence-electron chi connectivity index (χ1n) is 7.64. The predicted octanol–water partition coefficient (Wildman–Crippen LogP) is 3.04. The molecule has 5 heteroatoms. The molecular weight excluding hydrogens is 298 g/mol. The summed E-state index contributed by atoms with van der Waals surface area (Å²) >= 11 is 0. The summed E-state index contributed by atoms with van der Waals surface area (Å²) < 4.78 is 0. The lowest BCUT2D eigenvalue weighted by atomic mass is 10.0. The second kappa shape index (κ2) is 6.91. The molecule has 0 saturated heterocycles. The normalized spacial score (nSPS) is 12.0. The molecule has 0 aliphatic heterocycles. The van der Waals surface area contributed by atoms with Gasteiger partial charge in [0.2, 0.25) is 0 Å². The summed E-state index contributed by atoms with van der Waals surface area (Å²) in [7, 11) is 4.07. The van der Waals surface area contributed by atoms with Crippen LogP contribution < -0.4 is 10.6 Å². The number of nitrogens with zero attached hydrogens (tertiary/aromatic N) is 4. The molecule has 3 rings (SSSR count). The zero-order valence-electron chi connectivity index (χ0n) is 13.7. The highest BCUT2D eigenvalue weighted by Gasteiger charge is 2.05. The van der Waals surface area contributed by atoms with Gasteiger partial charge in [-0.05, 0) is 23.6 Å². The number of benzene rings is 2. The third-order valence-corrected chi connectivity index (χ3v) is 3.71. The molecule has 0 unspecified atom stereocenters.